The zero-order chi connectivity index (χ0) is 27.0. The van der Waals surface area contributed by atoms with Crippen molar-refractivity contribution in [2.24, 2.45) is 23.1 Å². The third-order valence-corrected chi connectivity index (χ3v) is 5.43. The smallest absolute Gasteiger partial charge is 0.326 e. The summed E-state index contributed by atoms with van der Waals surface area (Å²) in [5.74, 6) is -3.31. The van der Waals surface area contributed by atoms with E-state index in [9.17, 15) is 24.3 Å². The molecule has 0 fully saturated rings. The molecule has 14 heteroatoms. The molecule has 3 amide bonds. The van der Waals surface area contributed by atoms with Crippen LogP contribution >= 0.6 is 12.6 Å². The third kappa shape index (κ3) is 14.4. The molecule has 0 aliphatic rings. The van der Waals surface area contributed by atoms with Crippen molar-refractivity contribution in [3.05, 3.63) is 0 Å². The predicted octanol–water partition coefficient (Wildman–Crippen LogP) is -1.78. The fourth-order valence-electron chi connectivity index (χ4n) is 3.15. The van der Waals surface area contributed by atoms with Gasteiger partial charge in [0.15, 0.2) is 5.96 Å². The van der Waals surface area contributed by atoms with Crippen LogP contribution in [-0.4, -0.2) is 77.8 Å². The zero-order valence-electron chi connectivity index (χ0n) is 20.5. The van der Waals surface area contributed by atoms with E-state index < -0.39 is 47.9 Å². The molecule has 0 aromatic carbocycles. The molecular weight excluding hydrogens is 476 g/mol. The Labute approximate surface area is 212 Å². The normalized spacial score (nSPS) is 14.3. The van der Waals surface area contributed by atoms with E-state index >= 15 is 0 Å². The highest BCUT2D eigenvalue weighted by Crippen LogP contribution is 2.07. The molecular formula is C21H42N8O5S. The molecule has 0 saturated carbocycles. The lowest BCUT2D eigenvalue weighted by molar-refractivity contribution is -0.142. The second kappa shape index (κ2) is 17.8. The number of carbonyl (C=O) groups is 4. The van der Waals surface area contributed by atoms with Gasteiger partial charge >= 0.3 is 5.97 Å². The van der Waals surface area contributed by atoms with E-state index in [4.69, 9.17) is 22.6 Å². The Morgan fingerprint density at radius 1 is 0.914 bits per heavy atom. The highest BCUT2D eigenvalue weighted by Gasteiger charge is 2.29. The first-order valence-electron chi connectivity index (χ1n) is 11.7. The number of hydrogen-bond donors (Lipinski definition) is 10. The van der Waals surface area contributed by atoms with E-state index in [-0.39, 0.29) is 30.5 Å². The predicted molar refractivity (Wildman–Crippen MR) is 137 cm³/mol. The van der Waals surface area contributed by atoms with Crippen molar-refractivity contribution in [2.75, 3.05) is 18.8 Å². The van der Waals surface area contributed by atoms with Crippen LogP contribution in [0, 0.1) is 11.3 Å². The third-order valence-electron chi connectivity index (χ3n) is 5.06. The average Bonchev–Trinajstić information content (AvgIpc) is 2.77. The number of guanidine groups is 1. The Kier molecular flexibility index (Phi) is 16.5. The molecule has 0 heterocycles. The first kappa shape index (κ1) is 32.4. The monoisotopic (exact) mass is 518 g/mol. The van der Waals surface area contributed by atoms with Crippen molar-refractivity contribution >= 4 is 42.3 Å². The quantitative estimate of drug-likeness (QED) is 0.0426. The number of thiol groups is 1. The maximum absolute atomic E-state index is 13.0. The summed E-state index contributed by atoms with van der Waals surface area (Å²) < 4.78 is 0. The topological polar surface area (TPSA) is 239 Å². The average molecular weight is 519 g/mol. The Hall–Kier alpha value is -2.58. The SMILES string of the molecule is CC(C)C[C@H](NC(=O)[C@H](CS)NC(=O)[C@H](CCCNC(=N)N)NC(=O)[C@@H](N)CCCCN)C(=O)O. The van der Waals surface area contributed by atoms with Gasteiger partial charge in [-0.05, 0) is 44.6 Å². The lowest BCUT2D eigenvalue weighted by Crippen LogP contribution is -2.57. The molecule has 0 bridgehead atoms. The van der Waals surface area contributed by atoms with Gasteiger partial charge in [0.25, 0.3) is 0 Å². The van der Waals surface area contributed by atoms with Crippen LogP contribution < -0.4 is 38.5 Å². The molecule has 202 valence electrons. The molecule has 0 saturated heterocycles. The number of carboxylic acid groups (broad SMARTS) is 1. The number of nitrogens with one attached hydrogen (secondary N) is 5. The molecule has 0 aromatic heterocycles. The minimum Gasteiger partial charge on any atom is -0.480 e. The summed E-state index contributed by atoms with van der Waals surface area (Å²) >= 11 is 4.11. The number of amides is 3. The number of unbranched alkanes of at least 4 members (excludes halogenated alkanes) is 1. The summed E-state index contributed by atoms with van der Waals surface area (Å²) in [6.45, 7) is 4.43. The van der Waals surface area contributed by atoms with Crippen molar-refractivity contribution in [1.29, 1.82) is 5.41 Å². The van der Waals surface area contributed by atoms with Crippen LogP contribution in [0.15, 0.2) is 0 Å². The largest absolute Gasteiger partial charge is 0.480 e. The second-order valence-corrected chi connectivity index (χ2v) is 9.07. The molecule has 0 aliphatic carbocycles. The van der Waals surface area contributed by atoms with Crippen LogP contribution in [0.25, 0.3) is 0 Å². The van der Waals surface area contributed by atoms with Gasteiger partial charge in [-0.25, -0.2) is 4.79 Å². The molecule has 35 heavy (non-hydrogen) atoms. The number of aliphatic carboxylic acids is 1. The molecule has 13 nitrogen and oxygen atoms in total. The van der Waals surface area contributed by atoms with Crippen LogP contribution in [-0.2, 0) is 19.2 Å². The maximum atomic E-state index is 13.0. The van der Waals surface area contributed by atoms with E-state index in [1.807, 2.05) is 13.8 Å². The summed E-state index contributed by atoms with van der Waals surface area (Å²) in [5.41, 5.74) is 16.6. The number of hydrogen-bond acceptors (Lipinski definition) is 8. The molecule has 4 atom stereocenters. The lowest BCUT2D eigenvalue weighted by atomic mass is 10.0. The minimum atomic E-state index is -1.18. The number of nitrogens with two attached hydrogens (primary N) is 3. The highest BCUT2D eigenvalue weighted by atomic mass is 32.1. The first-order chi connectivity index (χ1) is 16.4. The highest BCUT2D eigenvalue weighted by molar-refractivity contribution is 7.80. The zero-order valence-corrected chi connectivity index (χ0v) is 21.4. The molecule has 0 spiro atoms. The van der Waals surface area contributed by atoms with Crippen molar-refractivity contribution in [1.82, 2.24) is 21.3 Å². The fourth-order valence-corrected chi connectivity index (χ4v) is 3.41. The van der Waals surface area contributed by atoms with E-state index in [1.165, 1.54) is 0 Å². The van der Waals surface area contributed by atoms with Gasteiger partial charge in [0.2, 0.25) is 17.7 Å². The first-order valence-corrected chi connectivity index (χ1v) is 12.3. The minimum absolute atomic E-state index is 0.0257. The molecule has 12 N–H and O–H groups in total. The number of carbonyl (C=O) groups excluding carboxylic acids is 3. The van der Waals surface area contributed by atoms with E-state index in [2.05, 4.69) is 33.9 Å². The van der Waals surface area contributed by atoms with Crippen molar-refractivity contribution in [3.63, 3.8) is 0 Å². The van der Waals surface area contributed by atoms with Gasteiger partial charge in [0, 0.05) is 12.3 Å². The Balaban J connectivity index is 5.27. The van der Waals surface area contributed by atoms with Gasteiger partial charge in [0.05, 0.1) is 6.04 Å². The molecule has 0 aliphatic heterocycles. The molecule has 0 aromatic rings. The summed E-state index contributed by atoms with van der Waals surface area (Å²) in [6.07, 6.45) is 2.56. The van der Waals surface area contributed by atoms with Gasteiger partial charge in [-0.15, -0.1) is 0 Å². The second-order valence-electron chi connectivity index (χ2n) is 8.71. The van der Waals surface area contributed by atoms with Crippen molar-refractivity contribution < 1.29 is 24.3 Å². The maximum Gasteiger partial charge on any atom is 0.326 e. The fraction of sp³-hybridized carbons (Fsp3) is 0.762. The van der Waals surface area contributed by atoms with Gasteiger partial charge in [-0.3, -0.25) is 19.8 Å². The van der Waals surface area contributed by atoms with Gasteiger partial charge in [0.1, 0.15) is 18.1 Å². The Morgan fingerprint density at radius 2 is 1.49 bits per heavy atom. The number of carboxylic acids is 1. The lowest BCUT2D eigenvalue weighted by Gasteiger charge is -2.25. The summed E-state index contributed by atoms with van der Waals surface area (Å²) in [4.78, 5) is 49.6. The molecule has 0 unspecified atom stereocenters. The summed E-state index contributed by atoms with van der Waals surface area (Å²) in [6, 6.07) is -4.07. The Bertz CT molecular complexity index is 709. The van der Waals surface area contributed by atoms with Gasteiger partial charge < -0.3 is 43.6 Å². The summed E-state index contributed by atoms with van der Waals surface area (Å²) in [5, 5.41) is 26.8. The van der Waals surface area contributed by atoms with E-state index in [0.717, 1.165) is 0 Å². The molecule has 0 radical (unpaired) electrons. The Morgan fingerprint density at radius 3 is 2.00 bits per heavy atom. The van der Waals surface area contributed by atoms with Gasteiger partial charge in [-0.1, -0.05) is 20.3 Å². The van der Waals surface area contributed by atoms with Crippen LogP contribution in [0.4, 0.5) is 0 Å². The standard InChI is InChI=1S/C21H42N8O5S/c1-12(2)10-15(20(33)34)28-19(32)16(11-35)29-18(31)14(7-5-9-26-21(24)25)27-17(30)13(23)6-3-4-8-22/h12-16,35H,3-11,22-23H2,1-2H3,(H,27,30)(H,28,32)(H,29,31)(H,33,34)(H4,24,25,26)/t13-,14-,15-,16-/m0/s1. The van der Waals surface area contributed by atoms with Crippen LogP contribution in [0.1, 0.15) is 52.4 Å². The van der Waals surface area contributed by atoms with Gasteiger partial charge in [-0.2, -0.15) is 12.6 Å². The van der Waals surface area contributed by atoms with E-state index in [1.54, 1.807) is 0 Å². The van der Waals surface area contributed by atoms with Crippen molar-refractivity contribution in [2.45, 2.75) is 76.5 Å². The number of rotatable bonds is 18. The molecule has 0 rings (SSSR count). The van der Waals surface area contributed by atoms with Crippen molar-refractivity contribution in [3.8, 4) is 0 Å². The van der Waals surface area contributed by atoms with Crippen LogP contribution in [0.5, 0.6) is 0 Å². The van der Waals surface area contributed by atoms with E-state index in [0.29, 0.717) is 38.8 Å². The van der Waals surface area contributed by atoms with Crippen LogP contribution in [0.2, 0.25) is 0 Å². The summed E-state index contributed by atoms with van der Waals surface area (Å²) in [7, 11) is 0. The van der Waals surface area contributed by atoms with Crippen LogP contribution in [0.3, 0.4) is 0 Å².